The van der Waals surface area contributed by atoms with E-state index in [-0.39, 0.29) is 0 Å². The summed E-state index contributed by atoms with van der Waals surface area (Å²) in [6.07, 6.45) is 2.97. The molecule has 0 aliphatic carbocycles. The van der Waals surface area contributed by atoms with Crippen molar-refractivity contribution < 1.29 is 4.52 Å². The van der Waals surface area contributed by atoms with Crippen molar-refractivity contribution in [2.24, 2.45) is 0 Å². The Labute approximate surface area is 117 Å². The SMILES string of the molecule is Clc1ccc(Cc2noc([C@H]3CCCNC3)n2)cc1. The first-order valence-corrected chi connectivity index (χ1v) is 6.97. The van der Waals surface area contributed by atoms with Crippen LogP contribution in [0.3, 0.4) is 0 Å². The second kappa shape index (κ2) is 5.72. The number of nitrogens with one attached hydrogen (secondary N) is 1. The summed E-state index contributed by atoms with van der Waals surface area (Å²) in [5.74, 6) is 1.86. The van der Waals surface area contributed by atoms with Gasteiger partial charge >= 0.3 is 0 Å². The number of piperidine rings is 1. The molecule has 0 unspecified atom stereocenters. The van der Waals surface area contributed by atoms with Gasteiger partial charge in [-0.25, -0.2) is 0 Å². The fraction of sp³-hybridized carbons (Fsp3) is 0.429. The maximum atomic E-state index is 5.86. The Balaban J connectivity index is 1.68. The second-order valence-electron chi connectivity index (χ2n) is 4.90. The van der Waals surface area contributed by atoms with E-state index < -0.39 is 0 Å². The van der Waals surface area contributed by atoms with Crippen LogP contribution in [0, 0.1) is 0 Å². The lowest BCUT2D eigenvalue weighted by Gasteiger charge is -2.18. The van der Waals surface area contributed by atoms with Gasteiger partial charge in [0.25, 0.3) is 0 Å². The van der Waals surface area contributed by atoms with Crippen LogP contribution in [-0.4, -0.2) is 23.2 Å². The average molecular weight is 278 g/mol. The molecule has 1 N–H and O–H groups in total. The highest BCUT2D eigenvalue weighted by Crippen LogP contribution is 2.22. The van der Waals surface area contributed by atoms with Crippen molar-refractivity contribution in [1.29, 1.82) is 0 Å². The lowest BCUT2D eigenvalue weighted by Crippen LogP contribution is -2.28. The summed E-state index contributed by atoms with van der Waals surface area (Å²) in [6.45, 7) is 2.02. The van der Waals surface area contributed by atoms with Crippen LogP contribution in [0.5, 0.6) is 0 Å². The molecule has 1 atom stereocenters. The molecule has 1 aromatic carbocycles. The molecular weight excluding hydrogens is 262 g/mol. The molecular formula is C14H16ClN3O. The lowest BCUT2D eigenvalue weighted by atomic mass is 10.00. The molecule has 1 aliphatic rings. The molecule has 0 bridgehead atoms. The van der Waals surface area contributed by atoms with Crippen molar-refractivity contribution in [1.82, 2.24) is 15.5 Å². The van der Waals surface area contributed by atoms with E-state index in [9.17, 15) is 0 Å². The Morgan fingerprint density at radius 3 is 2.89 bits per heavy atom. The largest absolute Gasteiger partial charge is 0.339 e. The molecule has 1 saturated heterocycles. The van der Waals surface area contributed by atoms with E-state index in [1.807, 2.05) is 24.3 Å². The smallest absolute Gasteiger partial charge is 0.231 e. The summed E-state index contributed by atoms with van der Waals surface area (Å²) in [5.41, 5.74) is 1.14. The predicted octanol–water partition coefficient (Wildman–Crippen LogP) is 2.78. The summed E-state index contributed by atoms with van der Waals surface area (Å²) < 4.78 is 5.37. The predicted molar refractivity (Wildman–Crippen MR) is 73.4 cm³/mol. The van der Waals surface area contributed by atoms with E-state index in [2.05, 4.69) is 15.5 Å². The average Bonchev–Trinajstić information content (AvgIpc) is 2.91. The fourth-order valence-corrected chi connectivity index (χ4v) is 2.48. The number of hydrogen-bond acceptors (Lipinski definition) is 4. The molecule has 3 rings (SSSR count). The molecule has 2 heterocycles. The van der Waals surface area contributed by atoms with Gasteiger partial charge in [-0.05, 0) is 37.1 Å². The Morgan fingerprint density at radius 1 is 1.32 bits per heavy atom. The molecule has 0 amide bonds. The molecule has 19 heavy (non-hydrogen) atoms. The van der Waals surface area contributed by atoms with Crippen molar-refractivity contribution in [3.63, 3.8) is 0 Å². The van der Waals surface area contributed by atoms with E-state index >= 15 is 0 Å². The third-order valence-electron chi connectivity index (χ3n) is 3.41. The monoisotopic (exact) mass is 277 g/mol. The third-order valence-corrected chi connectivity index (χ3v) is 3.66. The third kappa shape index (κ3) is 3.14. The van der Waals surface area contributed by atoms with Crippen LogP contribution < -0.4 is 5.32 Å². The highest BCUT2D eigenvalue weighted by molar-refractivity contribution is 6.30. The quantitative estimate of drug-likeness (QED) is 0.937. The molecule has 1 aliphatic heterocycles. The normalized spacial score (nSPS) is 19.5. The Kier molecular flexibility index (Phi) is 3.80. The van der Waals surface area contributed by atoms with Gasteiger partial charge in [-0.15, -0.1) is 0 Å². The molecule has 100 valence electrons. The van der Waals surface area contributed by atoms with Crippen molar-refractivity contribution >= 4 is 11.6 Å². The Bertz CT molecular complexity index is 532. The zero-order valence-electron chi connectivity index (χ0n) is 10.6. The van der Waals surface area contributed by atoms with E-state index in [0.717, 1.165) is 41.8 Å². The van der Waals surface area contributed by atoms with Gasteiger partial charge in [0.05, 0.1) is 5.92 Å². The van der Waals surface area contributed by atoms with Gasteiger partial charge in [0, 0.05) is 18.0 Å². The minimum absolute atomic E-state index is 0.361. The fourth-order valence-electron chi connectivity index (χ4n) is 2.35. The number of aromatic nitrogens is 2. The lowest BCUT2D eigenvalue weighted by molar-refractivity contribution is 0.320. The molecule has 0 radical (unpaired) electrons. The standard InChI is InChI=1S/C14H16ClN3O/c15-12-5-3-10(4-6-12)8-13-17-14(19-18-13)11-2-1-7-16-9-11/h3-6,11,16H,1-2,7-9H2/t11-/m0/s1. The second-order valence-corrected chi connectivity index (χ2v) is 5.33. The minimum Gasteiger partial charge on any atom is -0.339 e. The summed E-state index contributed by atoms with van der Waals surface area (Å²) >= 11 is 5.86. The van der Waals surface area contributed by atoms with Gasteiger partial charge in [0.2, 0.25) is 5.89 Å². The van der Waals surface area contributed by atoms with Crippen LogP contribution in [0.15, 0.2) is 28.8 Å². The maximum absolute atomic E-state index is 5.86. The number of nitrogens with zero attached hydrogens (tertiary/aromatic N) is 2. The molecule has 4 nitrogen and oxygen atoms in total. The Hall–Kier alpha value is -1.39. The number of benzene rings is 1. The van der Waals surface area contributed by atoms with Gasteiger partial charge < -0.3 is 9.84 Å². The first kappa shape index (κ1) is 12.6. The molecule has 1 aromatic heterocycles. The highest BCUT2D eigenvalue weighted by Gasteiger charge is 2.21. The molecule has 2 aromatic rings. The molecule has 0 saturated carbocycles. The van der Waals surface area contributed by atoms with E-state index in [1.54, 1.807) is 0 Å². The summed E-state index contributed by atoms with van der Waals surface area (Å²) in [7, 11) is 0. The number of rotatable bonds is 3. The van der Waals surface area contributed by atoms with Crippen LogP contribution in [0.25, 0.3) is 0 Å². The van der Waals surface area contributed by atoms with E-state index in [1.165, 1.54) is 6.42 Å². The zero-order valence-corrected chi connectivity index (χ0v) is 11.4. The molecule has 5 heteroatoms. The van der Waals surface area contributed by atoms with Gasteiger partial charge in [-0.1, -0.05) is 28.9 Å². The number of hydrogen-bond donors (Lipinski definition) is 1. The van der Waals surface area contributed by atoms with Crippen molar-refractivity contribution in [3.05, 3.63) is 46.6 Å². The van der Waals surface area contributed by atoms with Crippen LogP contribution in [0.4, 0.5) is 0 Å². The van der Waals surface area contributed by atoms with E-state index in [4.69, 9.17) is 16.1 Å². The van der Waals surface area contributed by atoms with Crippen molar-refractivity contribution in [2.75, 3.05) is 13.1 Å². The van der Waals surface area contributed by atoms with Gasteiger partial charge in [-0.3, -0.25) is 0 Å². The summed E-state index contributed by atoms with van der Waals surface area (Å²) in [4.78, 5) is 4.50. The minimum atomic E-state index is 0.361. The molecule has 1 fully saturated rings. The number of halogens is 1. The van der Waals surface area contributed by atoms with Gasteiger partial charge in [0.15, 0.2) is 5.82 Å². The van der Waals surface area contributed by atoms with Gasteiger partial charge in [0.1, 0.15) is 0 Å². The zero-order chi connectivity index (χ0) is 13.1. The van der Waals surface area contributed by atoms with Crippen LogP contribution >= 0.6 is 11.6 Å². The first-order chi connectivity index (χ1) is 9.31. The molecule has 0 spiro atoms. The maximum Gasteiger partial charge on any atom is 0.231 e. The first-order valence-electron chi connectivity index (χ1n) is 6.59. The summed E-state index contributed by atoms with van der Waals surface area (Å²) in [5, 5.41) is 8.16. The van der Waals surface area contributed by atoms with E-state index in [0.29, 0.717) is 12.3 Å². The van der Waals surface area contributed by atoms with Crippen LogP contribution in [-0.2, 0) is 6.42 Å². The van der Waals surface area contributed by atoms with Crippen LogP contribution in [0.1, 0.15) is 36.0 Å². The Morgan fingerprint density at radius 2 is 2.16 bits per heavy atom. The van der Waals surface area contributed by atoms with Crippen molar-refractivity contribution in [2.45, 2.75) is 25.2 Å². The topological polar surface area (TPSA) is 51.0 Å². The van der Waals surface area contributed by atoms with Gasteiger partial charge in [-0.2, -0.15) is 4.98 Å². The van der Waals surface area contributed by atoms with Crippen LogP contribution in [0.2, 0.25) is 5.02 Å². The highest BCUT2D eigenvalue weighted by atomic mass is 35.5. The van der Waals surface area contributed by atoms with Crippen molar-refractivity contribution in [3.8, 4) is 0 Å². The summed E-state index contributed by atoms with van der Waals surface area (Å²) in [6, 6.07) is 7.73.